The third kappa shape index (κ3) is 6.39. The Morgan fingerprint density at radius 3 is 2.64 bits per heavy atom. The van der Waals surface area contributed by atoms with Crippen molar-refractivity contribution >= 4 is 22.7 Å². The number of aromatic nitrogens is 2. The van der Waals surface area contributed by atoms with Gasteiger partial charge in [-0.2, -0.15) is 0 Å². The van der Waals surface area contributed by atoms with E-state index >= 15 is 0 Å². The molecule has 0 bridgehead atoms. The first kappa shape index (κ1) is 26.3. The van der Waals surface area contributed by atoms with E-state index in [9.17, 15) is 14.8 Å². The number of rotatable bonds is 8. The monoisotopic (exact) mass is 525 g/mol. The molecular weight excluding hydrogens is 494 g/mol. The van der Waals surface area contributed by atoms with E-state index in [4.69, 9.17) is 4.74 Å². The van der Waals surface area contributed by atoms with Gasteiger partial charge in [0.1, 0.15) is 12.4 Å². The molecule has 0 aliphatic carbocycles. The number of nitrogens with zero attached hydrogens (tertiary/aromatic N) is 3. The van der Waals surface area contributed by atoms with Crippen molar-refractivity contribution in [2.45, 2.75) is 32.5 Å². The number of piperidine rings is 1. The summed E-state index contributed by atoms with van der Waals surface area (Å²) in [5.74, 6) is -0.694. The average molecular weight is 526 g/mol. The summed E-state index contributed by atoms with van der Waals surface area (Å²) in [5, 5.41) is 13.3. The van der Waals surface area contributed by atoms with Gasteiger partial charge in [0, 0.05) is 41.5 Å². The van der Waals surface area contributed by atoms with Gasteiger partial charge in [-0.05, 0) is 68.4 Å². The topological polar surface area (TPSA) is 117 Å². The van der Waals surface area contributed by atoms with Gasteiger partial charge in [0.05, 0.1) is 23.2 Å². The summed E-state index contributed by atoms with van der Waals surface area (Å²) >= 11 is 0. The second-order valence-electron chi connectivity index (χ2n) is 9.76. The molecule has 0 unspecified atom stereocenters. The summed E-state index contributed by atoms with van der Waals surface area (Å²) in [7, 11) is 0. The number of hydroxylamine groups is 1. The number of pyridine rings is 2. The van der Waals surface area contributed by atoms with Gasteiger partial charge in [0.2, 0.25) is 5.91 Å². The number of benzene rings is 2. The minimum Gasteiger partial charge on any atom is -0.489 e. The molecule has 2 aromatic heterocycles. The maximum atomic E-state index is 13.1. The molecular formula is C30H31N5O4. The van der Waals surface area contributed by atoms with Crippen LogP contribution in [0, 0.1) is 12.8 Å². The first-order valence-corrected chi connectivity index (χ1v) is 13.0. The van der Waals surface area contributed by atoms with Crippen molar-refractivity contribution in [1.29, 1.82) is 0 Å². The van der Waals surface area contributed by atoms with Crippen molar-refractivity contribution in [1.82, 2.24) is 25.7 Å². The summed E-state index contributed by atoms with van der Waals surface area (Å²) in [6.45, 7) is 4.06. The Balaban J connectivity index is 1.23. The maximum Gasteiger partial charge on any atom is 0.251 e. The molecule has 200 valence electrons. The highest BCUT2D eigenvalue weighted by molar-refractivity contribution is 5.95. The number of ether oxygens (including phenoxy) is 1. The van der Waals surface area contributed by atoms with Crippen LogP contribution in [0.1, 0.15) is 33.7 Å². The quantitative estimate of drug-likeness (QED) is 0.238. The Kier molecular flexibility index (Phi) is 8.10. The number of amides is 2. The molecule has 2 atom stereocenters. The predicted octanol–water partition coefficient (Wildman–Crippen LogP) is 3.64. The number of carbonyl (C=O) groups is 2. The van der Waals surface area contributed by atoms with Crippen molar-refractivity contribution in [2.24, 2.45) is 5.92 Å². The second-order valence-corrected chi connectivity index (χ2v) is 9.76. The van der Waals surface area contributed by atoms with Crippen LogP contribution in [0.25, 0.3) is 10.9 Å². The normalized spacial score (nSPS) is 17.5. The molecule has 5 rings (SSSR count). The summed E-state index contributed by atoms with van der Waals surface area (Å²) in [4.78, 5) is 36.6. The Hall–Kier alpha value is -4.34. The molecule has 1 saturated heterocycles. The Morgan fingerprint density at radius 1 is 1.08 bits per heavy atom. The zero-order valence-corrected chi connectivity index (χ0v) is 21.7. The summed E-state index contributed by atoms with van der Waals surface area (Å²) in [6.07, 6.45) is 2.24. The highest BCUT2D eigenvalue weighted by Gasteiger charge is 2.35. The largest absolute Gasteiger partial charge is 0.489 e. The number of nitrogens with one attached hydrogen (secondary N) is 2. The molecule has 39 heavy (non-hydrogen) atoms. The minimum absolute atomic E-state index is 0.294. The van der Waals surface area contributed by atoms with Crippen molar-refractivity contribution in [3.05, 3.63) is 102 Å². The molecule has 0 radical (unpaired) electrons. The standard InChI is InChI=1S/C30H31N5O4/c1-20-16-22(25-7-2-3-8-27(25)32-20)19-39-24-11-9-21(10-12-24)29(36)33-28-18-35(15-13-26(28)30(37)34-38)17-23-6-4-5-14-31-23/h2-12,14,16,26,28,38H,13,15,17-19H2,1H3,(H,33,36)(H,34,37)/t26-,28+/m0/s1. The lowest BCUT2D eigenvalue weighted by molar-refractivity contribution is -0.135. The molecule has 3 N–H and O–H groups in total. The van der Waals surface area contributed by atoms with E-state index in [1.807, 2.05) is 55.5 Å². The summed E-state index contributed by atoms with van der Waals surface area (Å²) < 4.78 is 6.02. The highest BCUT2D eigenvalue weighted by Crippen LogP contribution is 2.23. The van der Waals surface area contributed by atoms with E-state index in [0.717, 1.165) is 27.9 Å². The van der Waals surface area contributed by atoms with Gasteiger partial charge in [-0.1, -0.05) is 24.3 Å². The number of hydrogen-bond acceptors (Lipinski definition) is 7. The molecule has 1 aliphatic heterocycles. The number of hydrogen-bond donors (Lipinski definition) is 3. The fraction of sp³-hybridized carbons (Fsp3) is 0.267. The van der Waals surface area contributed by atoms with Crippen LogP contribution in [0.5, 0.6) is 5.75 Å². The van der Waals surface area contributed by atoms with E-state index in [1.54, 1.807) is 35.9 Å². The lowest BCUT2D eigenvalue weighted by Crippen LogP contribution is -2.56. The van der Waals surface area contributed by atoms with E-state index in [-0.39, 0.29) is 5.91 Å². The fourth-order valence-corrected chi connectivity index (χ4v) is 5.06. The predicted molar refractivity (Wildman–Crippen MR) is 146 cm³/mol. The Morgan fingerprint density at radius 2 is 1.87 bits per heavy atom. The number of likely N-dealkylation sites (tertiary alicyclic amines) is 1. The van der Waals surface area contributed by atoms with Gasteiger partial charge >= 0.3 is 0 Å². The molecule has 0 spiro atoms. The number of fused-ring (bicyclic) bond motifs is 1. The van der Waals surface area contributed by atoms with E-state index in [1.165, 1.54) is 0 Å². The number of para-hydroxylation sites is 1. The van der Waals surface area contributed by atoms with Gasteiger partial charge < -0.3 is 10.1 Å². The van der Waals surface area contributed by atoms with Crippen molar-refractivity contribution in [3.63, 3.8) is 0 Å². The zero-order valence-electron chi connectivity index (χ0n) is 21.7. The fourth-order valence-electron chi connectivity index (χ4n) is 5.06. The van der Waals surface area contributed by atoms with Crippen LogP contribution in [-0.4, -0.2) is 51.0 Å². The number of carbonyl (C=O) groups excluding carboxylic acids is 2. The minimum atomic E-state index is -0.541. The maximum absolute atomic E-state index is 13.1. The molecule has 4 aromatic rings. The summed E-state index contributed by atoms with van der Waals surface area (Å²) in [5.41, 5.74) is 6.02. The lowest BCUT2D eigenvalue weighted by Gasteiger charge is -2.37. The van der Waals surface area contributed by atoms with E-state index in [0.29, 0.717) is 44.0 Å². The zero-order chi connectivity index (χ0) is 27.2. The van der Waals surface area contributed by atoms with Crippen LogP contribution in [0.4, 0.5) is 0 Å². The first-order valence-electron chi connectivity index (χ1n) is 13.0. The number of aryl methyl sites for hydroxylation is 1. The van der Waals surface area contributed by atoms with E-state index in [2.05, 4.69) is 20.2 Å². The molecule has 9 nitrogen and oxygen atoms in total. The van der Waals surface area contributed by atoms with Gasteiger partial charge in [0.25, 0.3) is 5.91 Å². The van der Waals surface area contributed by atoms with Crippen molar-refractivity contribution in [3.8, 4) is 5.75 Å². The summed E-state index contributed by atoms with van der Waals surface area (Å²) in [6, 6.07) is 22.2. The van der Waals surface area contributed by atoms with E-state index < -0.39 is 17.9 Å². The molecule has 2 aromatic carbocycles. The molecule has 9 heteroatoms. The van der Waals surface area contributed by atoms with Crippen LogP contribution < -0.4 is 15.5 Å². The van der Waals surface area contributed by atoms with Gasteiger partial charge in [-0.25, -0.2) is 5.48 Å². The molecule has 2 amide bonds. The Labute approximate surface area is 226 Å². The van der Waals surface area contributed by atoms with Crippen LogP contribution in [0.15, 0.2) is 79.0 Å². The van der Waals surface area contributed by atoms with Crippen LogP contribution in [0.3, 0.4) is 0 Å². The molecule has 1 fully saturated rings. The third-order valence-corrected chi connectivity index (χ3v) is 7.01. The molecule has 0 saturated carbocycles. The van der Waals surface area contributed by atoms with Crippen LogP contribution >= 0.6 is 0 Å². The lowest BCUT2D eigenvalue weighted by atomic mass is 9.90. The van der Waals surface area contributed by atoms with Crippen molar-refractivity contribution in [2.75, 3.05) is 13.1 Å². The van der Waals surface area contributed by atoms with Gasteiger partial charge in [0.15, 0.2) is 0 Å². The van der Waals surface area contributed by atoms with Gasteiger partial charge in [-0.3, -0.25) is 29.7 Å². The van der Waals surface area contributed by atoms with Crippen LogP contribution in [-0.2, 0) is 17.9 Å². The molecule has 3 heterocycles. The Bertz CT molecular complexity index is 1450. The third-order valence-electron chi connectivity index (χ3n) is 7.01. The molecule has 1 aliphatic rings. The van der Waals surface area contributed by atoms with Gasteiger partial charge in [-0.15, -0.1) is 0 Å². The smallest absolute Gasteiger partial charge is 0.251 e. The average Bonchev–Trinajstić information content (AvgIpc) is 2.96. The highest BCUT2D eigenvalue weighted by atomic mass is 16.5. The first-order chi connectivity index (χ1) is 19.0. The van der Waals surface area contributed by atoms with Crippen molar-refractivity contribution < 1.29 is 19.5 Å². The van der Waals surface area contributed by atoms with Crippen LogP contribution in [0.2, 0.25) is 0 Å². The SMILES string of the molecule is Cc1cc(COc2ccc(C(=O)N[C@@H]3CN(Cc4ccccn4)CC[C@@H]3C(=O)NO)cc2)c2ccccc2n1. The second kappa shape index (κ2) is 12.0.